The molecule has 1 aromatic heterocycles. The number of hydrogen-bond acceptors (Lipinski definition) is 4. The molecular formula is C9H15N5O3. The molecule has 0 unspecified atom stereocenters. The fourth-order valence-electron chi connectivity index (χ4n) is 1.24. The first-order chi connectivity index (χ1) is 8.13. The molecule has 0 saturated heterocycles. The molecule has 0 aliphatic carbocycles. The Hall–Kier alpha value is -2.12. The molecule has 0 spiro atoms. The van der Waals surface area contributed by atoms with Gasteiger partial charge in [0.1, 0.15) is 18.2 Å². The molecule has 8 nitrogen and oxygen atoms in total. The second-order valence-corrected chi connectivity index (χ2v) is 3.44. The van der Waals surface area contributed by atoms with Gasteiger partial charge in [-0.25, -0.2) is 14.6 Å². The first kappa shape index (κ1) is 12.9. The van der Waals surface area contributed by atoms with Crippen molar-refractivity contribution in [2.75, 3.05) is 0 Å². The molecule has 17 heavy (non-hydrogen) atoms. The Morgan fingerprint density at radius 2 is 2.35 bits per heavy atom. The smallest absolute Gasteiger partial charge is 0.326 e. The average molecular weight is 241 g/mol. The van der Waals surface area contributed by atoms with Crippen LogP contribution in [0.5, 0.6) is 0 Å². The Kier molecular flexibility index (Phi) is 4.92. The van der Waals surface area contributed by atoms with Crippen molar-refractivity contribution in [2.24, 2.45) is 0 Å². The van der Waals surface area contributed by atoms with Crippen molar-refractivity contribution in [1.82, 2.24) is 25.8 Å². The molecule has 4 N–H and O–H groups in total. The molecule has 1 atom stereocenters. The fourth-order valence-corrected chi connectivity index (χ4v) is 1.24. The number of H-pyrrole nitrogens is 1. The van der Waals surface area contributed by atoms with Crippen molar-refractivity contribution in [3.05, 3.63) is 12.2 Å². The Balaban J connectivity index is 2.34. The summed E-state index contributed by atoms with van der Waals surface area (Å²) >= 11 is 0. The van der Waals surface area contributed by atoms with Gasteiger partial charge in [-0.15, -0.1) is 0 Å². The van der Waals surface area contributed by atoms with Crippen LogP contribution in [0.25, 0.3) is 0 Å². The van der Waals surface area contributed by atoms with Crippen molar-refractivity contribution in [2.45, 2.75) is 32.4 Å². The highest BCUT2D eigenvalue weighted by Gasteiger charge is 2.18. The number of nitrogens with zero attached hydrogens (tertiary/aromatic N) is 2. The van der Waals surface area contributed by atoms with Crippen LogP contribution in [0.4, 0.5) is 4.79 Å². The maximum atomic E-state index is 11.4. The molecule has 0 aliphatic rings. The quantitative estimate of drug-likeness (QED) is 0.552. The summed E-state index contributed by atoms with van der Waals surface area (Å²) in [5, 5.41) is 19.9. The zero-order valence-corrected chi connectivity index (χ0v) is 9.43. The molecule has 0 bridgehead atoms. The largest absolute Gasteiger partial charge is 0.480 e. The summed E-state index contributed by atoms with van der Waals surface area (Å²) in [6.45, 7) is 2.02. The zero-order valence-electron chi connectivity index (χ0n) is 9.43. The molecule has 0 radical (unpaired) electrons. The molecule has 1 aromatic rings. The van der Waals surface area contributed by atoms with Crippen LogP contribution in [0.15, 0.2) is 6.33 Å². The number of carbonyl (C=O) groups is 2. The Labute approximate surface area is 97.8 Å². The molecular weight excluding hydrogens is 226 g/mol. The number of urea groups is 1. The van der Waals surface area contributed by atoms with E-state index in [1.54, 1.807) is 0 Å². The first-order valence-electron chi connectivity index (χ1n) is 5.25. The van der Waals surface area contributed by atoms with E-state index < -0.39 is 18.0 Å². The van der Waals surface area contributed by atoms with Crippen molar-refractivity contribution in [3.8, 4) is 0 Å². The predicted molar refractivity (Wildman–Crippen MR) is 58.1 cm³/mol. The average Bonchev–Trinajstić information content (AvgIpc) is 2.78. The van der Waals surface area contributed by atoms with Crippen molar-refractivity contribution in [3.63, 3.8) is 0 Å². The summed E-state index contributed by atoms with van der Waals surface area (Å²) in [5.41, 5.74) is 0. The SMILES string of the molecule is CCC[C@@H](NC(=O)NCc1ncn[nH]1)C(=O)O. The maximum absolute atomic E-state index is 11.4. The van der Waals surface area contributed by atoms with Crippen molar-refractivity contribution < 1.29 is 14.7 Å². The summed E-state index contributed by atoms with van der Waals surface area (Å²) < 4.78 is 0. The van der Waals surface area contributed by atoms with E-state index in [9.17, 15) is 9.59 Å². The third-order valence-corrected chi connectivity index (χ3v) is 2.06. The highest BCUT2D eigenvalue weighted by atomic mass is 16.4. The van der Waals surface area contributed by atoms with E-state index >= 15 is 0 Å². The predicted octanol–water partition coefficient (Wildman–Crippen LogP) is -0.143. The van der Waals surface area contributed by atoms with Gasteiger partial charge in [-0.2, -0.15) is 5.10 Å². The topological polar surface area (TPSA) is 120 Å². The van der Waals surface area contributed by atoms with Gasteiger partial charge >= 0.3 is 12.0 Å². The number of rotatable bonds is 6. The zero-order chi connectivity index (χ0) is 12.7. The number of aliphatic carboxylic acids is 1. The van der Waals surface area contributed by atoms with Gasteiger partial charge in [-0.1, -0.05) is 13.3 Å². The summed E-state index contributed by atoms with van der Waals surface area (Å²) in [6, 6.07) is -1.41. The molecule has 8 heteroatoms. The van der Waals surface area contributed by atoms with Gasteiger partial charge in [0, 0.05) is 0 Å². The number of aromatic nitrogens is 3. The standard InChI is InChI=1S/C9H15N5O3/c1-2-3-6(8(15)16)13-9(17)10-4-7-11-5-12-14-7/h5-6H,2-4H2,1H3,(H,15,16)(H2,10,13,17)(H,11,12,14)/t6-/m1/s1. The van der Waals surface area contributed by atoms with Crippen LogP contribution >= 0.6 is 0 Å². The lowest BCUT2D eigenvalue weighted by Crippen LogP contribution is -2.45. The van der Waals surface area contributed by atoms with Crippen molar-refractivity contribution in [1.29, 1.82) is 0 Å². The van der Waals surface area contributed by atoms with Crippen LogP contribution in [0.3, 0.4) is 0 Å². The minimum Gasteiger partial charge on any atom is -0.480 e. The maximum Gasteiger partial charge on any atom is 0.326 e. The minimum atomic E-state index is -1.04. The number of carbonyl (C=O) groups excluding carboxylic acids is 1. The van der Waals surface area contributed by atoms with Gasteiger partial charge in [-0.3, -0.25) is 5.10 Å². The normalized spacial score (nSPS) is 11.8. The van der Waals surface area contributed by atoms with Gasteiger partial charge in [-0.05, 0) is 6.42 Å². The second-order valence-electron chi connectivity index (χ2n) is 3.44. The molecule has 0 aliphatic heterocycles. The lowest BCUT2D eigenvalue weighted by molar-refractivity contribution is -0.139. The van der Waals surface area contributed by atoms with Crippen LogP contribution < -0.4 is 10.6 Å². The lowest BCUT2D eigenvalue weighted by Gasteiger charge is -2.13. The van der Waals surface area contributed by atoms with E-state index in [0.29, 0.717) is 18.7 Å². The number of hydrogen-bond donors (Lipinski definition) is 4. The number of carboxylic acids is 1. The summed E-state index contributed by atoms with van der Waals surface area (Å²) in [5.74, 6) is -0.538. The Bertz CT molecular complexity index is 365. The highest BCUT2D eigenvalue weighted by Crippen LogP contribution is 1.96. The van der Waals surface area contributed by atoms with Crippen LogP contribution in [-0.2, 0) is 11.3 Å². The monoisotopic (exact) mass is 241 g/mol. The summed E-state index contributed by atoms with van der Waals surface area (Å²) in [7, 11) is 0. The van der Waals surface area contributed by atoms with E-state index in [-0.39, 0.29) is 6.54 Å². The molecule has 1 rings (SSSR count). The van der Waals surface area contributed by atoms with Gasteiger partial charge in [0.05, 0.1) is 6.54 Å². The molecule has 0 aromatic carbocycles. The van der Waals surface area contributed by atoms with Gasteiger partial charge in [0.2, 0.25) is 0 Å². The fraction of sp³-hybridized carbons (Fsp3) is 0.556. The molecule has 0 fully saturated rings. The number of amides is 2. The van der Waals surface area contributed by atoms with Crippen molar-refractivity contribution >= 4 is 12.0 Å². The van der Waals surface area contributed by atoms with Crippen LogP contribution in [0.2, 0.25) is 0 Å². The summed E-state index contributed by atoms with van der Waals surface area (Å²) in [6.07, 6.45) is 2.40. The van der Waals surface area contributed by atoms with E-state index in [4.69, 9.17) is 5.11 Å². The molecule has 1 heterocycles. The van der Waals surface area contributed by atoms with Gasteiger partial charge in [0.15, 0.2) is 0 Å². The third kappa shape index (κ3) is 4.49. The molecule has 2 amide bonds. The second kappa shape index (κ2) is 6.46. The van der Waals surface area contributed by atoms with E-state index in [1.165, 1.54) is 6.33 Å². The van der Waals surface area contributed by atoms with Gasteiger partial charge in [0.25, 0.3) is 0 Å². The molecule has 94 valence electrons. The van der Waals surface area contributed by atoms with Crippen LogP contribution in [0, 0.1) is 0 Å². The first-order valence-corrected chi connectivity index (χ1v) is 5.25. The third-order valence-electron chi connectivity index (χ3n) is 2.06. The Morgan fingerprint density at radius 1 is 1.59 bits per heavy atom. The highest BCUT2D eigenvalue weighted by molar-refractivity contribution is 5.82. The van der Waals surface area contributed by atoms with Gasteiger partial charge < -0.3 is 15.7 Å². The van der Waals surface area contributed by atoms with E-state index in [1.807, 2.05) is 6.92 Å². The minimum absolute atomic E-state index is 0.171. The number of aromatic amines is 1. The van der Waals surface area contributed by atoms with E-state index in [2.05, 4.69) is 25.8 Å². The number of nitrogens with one attached hydrogen (secondary N) is 3. The van der Waals surface area contributed by atoms with E-state index in [0.717, 1.165) is 0 Å². The molecule has 0 saturated carbocycles. The van der Waals surface area contributed by atoms with Crippen LogP contribution in [-0.4, -0.2) is 38.3 Å². The lowest BCUT2D eigenvalue weighted by atomic mass is 10.2. The van der Waals surface area contributed by atoms with Crippen LogP contribution in [0.1, 0.15) is 25.6 Å². The Morgan fingerprint density at radius 3 is 2.88 bits per heavy atom. The number of carboxylic acid groups (broad SMARTS) is 1. The summed E-state index contributed by atoms with van der Waals surface area (Å²) in [4.78, 5) is 26.0.